The highest BCUT2D eigenvalue weighted by molar-refractivity contribution is 7.17. The summed E-state index contributed by atoms with van der Waals surface area (Å²) < 4.78 is 5.50. The highest BCUT2D eigenvalue weighted by atomic mass is 32.1. The predicted octanol–water partition coefficient (Wildman–Crippen LogP) is 4.82. The van der Waals surface area contributed by atoms with Crippen molar-refractivity contribution in [3.05, 3.63) is 58.9 Å². The van der Waals surface area contributed by atoms with Gasteiger partial charge in [0.1, 0.15) is 15.6 Å². The first-order chi connectivity index (χ1) is 13.2. The molecule has 1 aliphatic rings. The Bertz CT molecular complexity index is 916. The monoisotopic (exact) mass is 381 g/mol. The van der Waals surface area contributed by atoms with Crippen LogP contribution in [0, 0.1) is 6.92 Å². The van der Waals surface area contributed by atoms with E-state index in [-0.39, 0.29) is 11.9 Å². The van der Waals surface area contributed by atoms with Gasteiger partial charge in [-0.2, -0.15) is 0 Å². The van der Waals surface area contributed by atoms with Gasteiger partial charge in [-0.15, -0.1) is 11.3 Å². The molecule has 2 aromatic heterocycles. The number of ether oxygens (including phenoxy) is 1. The number of likely N-dealkylation sites (tertiary alicyclic amines) is 1. The second-order valence-corrected chi connectivity index (χ2v) is 7.67. The van der Waals surface area contributed by atoms with Crippen LogP contribution in [0.5, 0.6) is 5.75 Å². The standard InChI is InChI=1S/C21H23N3O2S/c1-3-26-16-10-8-15(9-11-16)20-23-14(2)19(27-20)21(25)24-13-5-7-18(24)17-6-4-12-22-17/h4,6,8-12,18,22H,3,5,7,13H2,1-2H3/t18-/m1/s1. The molecular formula is C21H23N3O2S. The quantitative estimate of drug-likeness (QED) is 0.689. The van der Waals surface area contributed by atoms with Crippen molar-refractivity contribution in [3.8, 4) is 16.3 Å². The van der Waals surface area contributed by atoms with Crippen molar-refractivity contribution >= 4 is 17.2 Å². The number of hydrogen-bond acceptors (Lipinski definition) is 4. The molecule has 1 N–H and O–H groups in total. The number of aromatic amines is 1. The van der Waals surface area contributed by atoms with Crippen LogP contribution in [-0.4, -0.2) is 33.9 Å². The Morgan fingerprint density at radius 2 is 2.15 bits per heavy atom. The first-order valence-electron chi connectivity index (χ1n) is 9.32. The van der Waals surface area contributed by atoms with E-state index in [9.17, 15) is 4.79 Å². The van der Waals surface area contributed by atoms with Crippen LogP contribution >= 0.6 is 11.3 Å². The highest BCUT2D eigenvalue weighted by Crippen LogP contribution is 2.35. The van der Waals surface area contributed by atoms with E-state index in [1.54, 1.807) is 0 Å². The van der Waals surface area contributed by atoms with Crippen molar-refractivity contribution in [1.82, 2.24) is 14.9 Å². The second kappa shape index (κ2) is 7.56. The van der Waals surface area contributed by atoms with Crippen molar-refractivity contribution in [2.75, 3.05) is 13.2 Å². The van der Waals surface area contributed by atoms with E-state index in [0.29, 0.717) is 6.61 Å². The number of rotatable bonds is 5. The summed E-state index contributed by atoms with van der Waals surface area (Å²) in [7, 11) is 0. The Labute approximate surface area is 163 Å². The van der Waals surface area contributed by atoms with Crippen LogP contribution in [0.25, 0.3) is 10.6 Å². The van der Waals surface area contributed by atoms with E-state index >= 15 is 0 Å². The Morgan fingerprint density at radius 1 is 1.33 bits per heavy atom. The Morgan fingerprint density at radius 3 is 2.85 bits per heavy atom. The van der Waals surface area contributed by atoms with Gasteiger partial charge in [-0.25, -0.2) is 4.98 Å². The van der Waals surface area contributed by atoms with Crippen LogP contribution in [0.3, 0.4) is 0 Å². The summed E-state index contributed by atoms with van der Waals surface area (Å²) in [5, 5.41) is 0.870. The van der Waals surface area contributed by atoms with Gasteiger partial charge in [-0.1, -0.05) is 0 Å². The zero-order valence-electron chi connectivity index (χ0n) is 15.6. The van der Waals surface area contributed by atoms with Gasteiger partial charge in [0.15, 0.2) is 0 Å². The van der Waals surface area contributed by atoms with Crippen LogP contribution in [0.15, 0.2) is 42.6 Å². The average molecular weight is 382 g/mol. The molecule has 1 aromatic carbocycles. The molecule has 1 saturated heterocycles. The number of carbonyl (C=O) groups is 1. The molecule has 1 atom stereocenters. The van der Waals surface area contributed by atoms with Gasteiger partial charge in [0.05, 0.1) is 18.3 Å². The number of H-pyrrole nitrogens is 1. The van der Waals surface area contributed by atoms with Gasteiger partial charge in [-0.05, 0) is 63.1 Å². The first kappa shape index (κ1) is 17.8. The van der Waals surface area contributed by atoms with Gasteiger partial charge in [-0.3, -0.25) is 4.79 Å². The molecule has 0 aliphatic carbocycles. The first-order valence-corrected chi connectivity index (χ1v) is 10.1. The lowest BCUT2D eigenvalue weighted by Crippen LogP contribution is -2.30. The third-order valence-electron chi connectivity index (χ3n) is 4.90. The summed E-state index contributed by atoms with van der Waals surface area (Å²) in [6.45, 7) is 5.32. The number of nitrogens with zero attached hydrogens (tertiary/aromatic N) is 2. The predicted molar refractivity (Wildman–Crippen MR) is 107 cm³/mol. The minimum atomic E-state index is 0.0827. The highest BCUT2D eigenvalue weighted by Gasteiger charge is 2.33. The lowest BCUT2D eigenvalue weighted by atomic mass is 10.1. The second-order valence-electron chi connectivity index (χ2n) is 6.67. The SMILES string of the molecule is CCOc1ccc(-c2nc(C)c(C(=O)N3CCC[C@@H]3c3ccc[nH]3)s2)cc1. The minimum absolute atomic E-state index is 0.0827. The molecular weight excluding hydrogens is 358 g/mol. The van der Waals surface area contributed by atoms with Crippen LogP contribution in [-0.2, 0) is 0 Å². The molecule has 1 aliphatic heterocycles. The summed E-state index contributed by atoms with van der Waals surface area (Å²) in [6.07, 6.45) is 3.94. The van der Waals surface area contributed by atoms with Gasteiger partial charge >= 0.3 is 0 Å². The number of aryl methyl sites for hydroxylation is 1. The van der Waals surface area contributed by atoms with Gasteiger partial charge in [0.25, 0.3) is 5.91 Å². The maximum atomic E-state index is 13.2. The molecule has 0 bridgehead atoms. The Balaban J connectivity index is 1.58. The molecule has 0 radical (unpaired) electrons. The van der Waals surface area contributed by atoms with Gasteiger partial charge < -0.3 is 14.6 Å². The maximum Gasteiger partial charge on any atom is 0.266 e. The number of carbonyl (C=O) groups excluding carboxylic acids is 1. The number of thiazole rings is 1. The molecule has 0 spiro atoms. The fraction of sp³-hybridized carbons (Fsp3) is 0.333. The molecule has 27 heavy (non-hydrogen) atoms. The number of nitrogens with one attached hydrogen (secondary N) is 1. The van der Waals surface area contributed by atoms with Crippen molar-refractivity contribution in [1.29, 1.82) is 0 Å². The Kier molecular flexibility index (Phi) is 4.99. The van der Waals surface area contributed by atoms with E-state index in [0.717, 1.165) is 52.0 Å². The van der Waals surface area contributed by atoms with Crippen molar-refractivity contribution in [2.45, 2.75) is 32.7 Å². The topological polar surface area (TPSA) is 58.2 Å². The van der Waals surface area contributed by atoms with Gasteiger partial charge in [0, 0.05) is 24.0 Å². The third kappa shape index (κ3) is 3.49. The van der Waals surface area contributed by atoms with Gasteiger partial charge in [0.2, 0.25) is 0 Å². The number of hydrogen-bond donors (Lipinski definition) is 1. The van der Waals surface area contributed by atoms with E-state index in [2.05, 4.69) is 16.0 Å². The zero-order chi connectivity index (χ0) is 18.8. The van der Waals surface area contributed by atoms with Crippen molar-refractivity contribution in [3.63, 3.8) is 0 Å². The molecule has 6 heteroatoms. The van der Waals surface area contributed by atoms with Crippen molar-refractivity contribution in [2.24, 2.45) is 0 Å². The third-order valence-corrected chi connectivity index (χ3v) is 6.09. The number of aromatic nitrogens is 2. The van der Waals surface area contributed by atoms with E-state index in [1.165, 1.54) is 11.3 Å². The Hall–Kier alpha value is -2.60. The van der Waals surface area contributed by atoms with E-state index in [1.807, 2.05) is 55.3 Å². The smallest absolute Gasteiger partial charge is 0.266 e. The lowest BCUT2D eigenvalue weighted by Gasteiger charge is -2.23. The summed E-state index contributed by atoms with van der Waals surface area (Å²) in [5.74, 6) is 0.927. The molecule has 0 unspecified atom stereocenters. The number of amides is 1. The summed E-state index contributed by atoms with van der Waals surface area (Å²) in [6, 6.07) is 12.0. The fourth-order valence-electron chi connectivity index (χ4n) is 3.59. The maximum absolute atomic E-state index is 13.2. The zero-order valence-corrected chi connectivity index (χ0v) is 16.4. The summed E-state index contributed by atoms with van der Waals surface area (Å²) >= 11 is 1.47. The summed E-state index contributed by atoms with van der Waals surface area (Å²) in [4.78, 5) is 23.9. The normalized spacial score (nSPS) is 16.7. The molecule has 1 amide bonds. The van der Waals surface area contributed by atoms with E-state index < -0.39 is 0 Å². The summed E-state index contributed by atoms with van der Waals surface area (Å²) in [5.41, 5.74) is 2.91. The van der Waals surface area contributed by atoms with Crippen molar-refractivity contribution < 1.29 is 9.53 Å². The molecule has 5 nitrogen and oxygen atoms in total. The van der Waals surface area contributed by atoms with Crippen LogP contribution in [0.4, 0.5) is 0 Å². The van der Waals surface area contributed by atoms with Crippen LogP contribution in [0.2, 0.25) is 0 Å². The minimum Gasteiger partial charge on any atom is -0.494 e. The molecule has 4 rings (SSSR count). The molecule has 1 fully saturated rings. The molecule has 0 saturated carbocycles. The van der Waals surface area contributed by atoms with Crippen LogP contribution in [0.1, 0.15) is 46.9 Å². The molecule has 3 aromatic rings. The largest absolute Gasteiger partial charge is 0.494 e. The number of benzene rings is 1. The average Bonchev–Trinajstić information content (AvgIpc) is 3.42. The lowest BCUT2D eigenvalue weighted by molar-refractivity contribution is 0.0737. The van der Waals surface area contributed by atoms with Crippen LogP contribution < -0.4 is 4.74 Å². The molecule has 140 valence electrons. The fourth-order valence-corrected chi connectivity index (χ4v) is 4.62. The molecule has 3 heterocycles. The van der Waals surface area contributed by atoms with E-state index in [4.69, 9.17) is 4.74 Å².